The summed E-state index contributed by atoms with van der Waals surface area (Å²) < 4.78 is 32.9. The first-order valence-corrected chi connectivity index (χ1v) is 11.9. The number of hydrogen-bond donors (Lipinski definition) is 3. The molecule has 0 saturated carbocycles. The highest BCUT2D eigenvalue weighted by Crippen LogP contribution is 2.35. The number of benzene rings is 2. The number of carboxylic acids is 1. The van der Waals surface area contributed by atoms with Gasteiger partial charge in [0.1, 0.15) is 11.6 Å². The van der Waals surface area contributed by atoms with Gasteiger partial charge in [-0.15, -0.1) is 0 Å². The molecule has 0 spiro atoms. The van der Waals surface area contributed by atoms with Gasteiger partial charge in [0.25, 0.3) is 0 Å². The molecule has 1 fully saturated rings. The Balaban J connectivity index is 1.98. The maximum absolute atomic E-state index is 14.1. The summed E-state index contributed by atoms with van der Waals surface area (Å²) in [6, 6.07) is 7.66. The number of hydrogen-bond acceptors (Lipinski definition) is 4. The second-order valence-electron chi connectivity index (χ2n) is 9.17. The lowest BCUT2D eigenvalue weighted by Crippen LogP contribution is -2.42. The van der Waals surface area contributed by atoms with Gasteiger partial charge in [0, 0.05) is 31.9 Å². The van der Waals surface area contributed by atoms with Crippen LogP contribution in [-0.2, 0) is 9.53 Å². The van der Waals surface area contributed by atoms with E-state index in [9.17, 15) is 23.5 Å². The van der Waals surface area contributed by atoms with Crippen LogP contribution in [0, 0.1) is 17.6 Å². The van der Waals surface area contributed by atoms with Crippen LogP contribution in [0.2, 0.25) is 0 Å². The summed E-state index contributed by atoms with van der Waals surface area (Å²) >= 11 is 0. The average molecular weight is 490 g/mol. The van der Waals surface area contributed by atoms with Crippen molar-refractivity contribution in [3.05, 3.63) is 53.6 Å². The van der Waals surface area contributed by atoms with Crippen LogP contribution in [0.15, 0.2) is 36.4 Å². The Morgan fingerprint density at radius 1 is 1.09 bits per heavy atom. The summed E-state index contributed by atoms with van der Waals surface area (Å²) in [5, 5.41) is 14.8. The molecule has 3 rings (SSSR count). The molecule has 7 nitrogen and oxygen atoms in total. The van der Waals surface area contributed by atoms with E-state index in [2.05, 4.69) is 29.4 Å². The van der Waals surface area contributed by atoms with Crippen molar-refractivity contribution in [3.63, 3.8) is 0 Å². The third-order valence-corrected chi connectivity index (χ3v) is 6.06. The van der Waals surface area contributed by atoms with Gasteiger partial charge in [-0.1, -0.05) is 26.8 Å². The molecular weight excluding hydrogens is 456 g/mol. The molecule has 1 unspecified atom stereocenters. The van der Waals surface area contributed by atoms with Gasteiger partial charge in [0.05, 0.1) is 23.0 Å². The second-order valence-corrected chi connectivity index (χ2v) is 9.17. The molecule has 9 heteroatoms. The van der Waals surface area contributed by atoms with E-state index in [1.807, 2.05) is 6.07 Å². The molecular formula is C26H33F2N3O4. The molecule has 0 aromatic heterocycles. The Hall–Kier alpha value is -3.20. The molecule has 0 aliphatic carbocycles. The number of halogens is 2. The number of aliphatic carboxylic acids is 1. The first-order valence-electron chi connectivity index (χ1n) is 11.9. The van der Waals surface area contributed by atoms with Crippen molar-refractivity contribution < 1.29 is 28.2 Å². The van der Waals surface area contributed by atoms with Gasteiger partial charge in [0.15, 0.2) is 0 Å². The lowest BCUT2D eigenvalue weighted by Gasteiger charge is -2.38. The van der Waals surface area contributed by atoms with Crippen molar-refractivity contribution in [2.24, 2.45) is 5.92 Å². The second kappa shape index (κ2) is 12.0. The van der Waals surface area contributed by atoms with Crippen molar-refractivity contribution in [1.82, 2.24) is 0 Å². The van der Waals surface area contributed by atoms with Crippen LogP contribution < -0.4 is 15.5 Å². The fourth-order valence-corrected chi connectivity index (χ4v) is 4.37. The van der Waals surface area contributed by atoms with Gasteiger partial charge in [-0.25, -0.2) is 13.6 Å². The SMILES string of the molecule is CCC(C(=O)O)c1ccc(N(CC(C)C)C2CCOCC2)c(NC(=O)Nc2ccc(F)cc2F)c1. The van der Waals surface area contributed by atoms with Crippen LogP contribution in [0.3, 0.4) is 0 Å². The van der Waals surface area contributed by atoms with Crippen LogP contribution in [0.5, 0.6) is 0 Å². The quantitative estimate of drug-likeness (QED) is 0.412. The molecule has 35 heavy (non-hydrogen) atoms. The number of carbonyl (C=O) groups excluding carboxylic acids is 1. The van der Waals surface area contributed by atoms with Crippen molar-refractivity contribution in [2.75, 3.05) is 35.3 Å². The van der Waals surface area contributed by atoms with Crippen molar-refractivity contribution >= 4 is 29.1 Å². The third-order valence-electron chi connectivity index (χ3n) is 6.06. The number of anilines is 3. The maximum atomic E-state index is 14.1. The summed E-state index contributed by atoms with van der Waals surface area (Å²) in [5.74, 6) is -3.00. The third kappa shape index (κ3) is 6.91. The Bertz CT molecular complexity index is 1040. The topological polar surface area (TPSA) is 90.9 Å². The zero-order chi connectivity index (χ0) is 25.5. The van der Waals surface area contributed by atoms with E-state index in [1.54, 1.807) is 19.1 Å². The van der Waals surface area contributed by atoms with Gasteiger partial charge in [-0.3, -0.25) is 4.79 Å². The van der Waals surface area contributed by atoms with Crippen LogP contribution in [0.1, 0.15) is 51.5 Å². The number of amides is 2. The first-order chi connectivity index (χ1) is 16.7. The number of rotatable bonds is 9. The summed E-state index contributed by atoms with van der Waals surface area (Å²) in [7, 11) is 0. The summed E-state index contributed by atoms with van der Waals surface area (Å²) in [4.78, 5) is 26.9. The number of nitrogens with one attached hydrogen (secondary N) is 2. The smallest absolute Gasteiger partial charge is 0.323 e. The number of urea groups is 1. The molecule has 1 saturated heterocycles. The zero-order valence-corrected chi connectivity index (χ0v) is 20.3. The van der Waals surface area contributed by atoms with Crippen molar-refractivity contribution in [2.45, 2.75) is 52.0 Å². The summed E-state index contributed by atoms with van der Waals surface area (Å²) in [6.07, 6.45) is 2.04. The first kappa shape index (κ1) is 26.4. The Morgan fingerprint density at radius 3 is 2.37 bits per heavy atom. The number of nitrogens with zero attached hydrogens (tertiary/aromatic N) is 1. The van der Waals surface area contributed by atoms with Crippen LogP contribution in [0.25, 0.3) is 0 Å². The standard InChI is InChI=1S/C26H33F2N3O4/c1-4-20(25(32)33)17-5-8-24(31(15-16(2)3)19-9-11-35-12-10-19)23(13-17)30-26(34)29-22-7-6-18(27)14-21(22)28/h5-8,13-14,16,19-20H,4,9-12,15H2,1-3H3,(H,32,33)(H2,29,30,34). The minimum Gasteiger partial charge on any atom is -0.481 e. The Labute approximate surface area is 204 Å². The monoisotopic (exact) mass is 489 g/mol. The fourth-order valence-electron chi connectivity index (χ4n) is 4.37. The molecule has 3 N–H and O–H groups in total. The van der Waals surface area contributed by atoms with Crippen molar-refractivity contribution in [1.29, 1.82) is 0 Å². The number of ether oxygens (including phenoxy) is 1. The predicted molar refractivity (Wildman–Crippen MR) is 132 cm³/mol. The fraction of sp³-hybridized carbons (Fsp3) is 0.462. The van der Waals surface area contributed by atoms with Gasteiger partial charge in [-0.2, -0.15) is 0 Å². The zero-order valence-electron chi connectivity index (χ0n) is 20.3. The highest BCUT2D eigenvalue weighted by Gasteiger charge is 2.27. The molecule has 2 amide bonds. The molecule has 2 aromatic carbocycles. The van der Waals surface area contributed by atoms with Crippen LogP contribution >= 0.6 is 0 Å². The van der Waals surface area contributed by atoms with E-state index in [0.29, 0.717) is 42.9 Å². The molecule has 0 bridgehead atoms. The normalized spacial score (nSPS) is 15.0. The molecule has 190 valence electrons. The number of carboxylic acid groups (broad SMARTS) is 1. The van der Waals surface area contributed by atoms with Gasteiger partial charge in [0.2, 0.25) is 0 Å². The molecule has 1 aliphatic rings. The molecule has 1 heterocycles. The van der Waals surface area contributed by atoms with E-state index in [1.165, 1.54) is 0 Å². The van der Waals surface area contributed by atoms with Gasteiger partial charge < -0.3 is 25.4 Å². The van der Waals surface area contributed by atoms with Gasteiger partial charge in [-0.05, 0) is 55.0 Å². The predicted octanol–water partition coefficient (Wildman–Crippen LogP) is 5.83. The highest BCUT2D eigenvalue weighted by molar-refractivity contribution is 6.02. The van der Waals surface area contributed by atoms with E-state index in [0.717, 1.165) is 37.2 Å². The van der Waals surface area contributed by atoms with E-state index >= 15 is 0 Å². The average Bonchev–Trinajstić information content (AvgIpc) is 2.80. The van der Waals surface area contributed by atoms with Crippen molar-refractivity contribution in [3.8, 4) is 0 Å². The molecule has 1 aliphatic heterocycles. The Kier molecular flexibility index (Phi) is 9.03. The summed E-state index contributed by atoms with van der Waals surface area (Å²) in [5.41, 5.74) is 1.57. The molecule has 2 aromatic rings. The van der Waals surface area contributed by atoms with E-state index in [4.69, 9.17) is 4.74 Å². The minimum absolute atomic E-state index is 0.165. The minimum atomic E-state index is -0.951. The Morgan fingerprint density at radius 2 is 1.77 bits per heavy atom. The van der Waals surface area contributed by atoms with E-state index < -0.39 is 29.6 Å². The van der Waals surface area contributed by atoms with Crippen LogP contribution in [-0.4, -0.2) is 42.9 Å². The lowest BCUT2D eigenvalue weighted by molar-refractivity contribution is -0.138. The van der Waals surface area contributed by atoms with E-state index in [-0.39, 0.29) is 11.7 Å². The molecule has 1 atom stereocenters. The van der Waals surface area contributed by atoms with Crippen LogP contribution in [0.4, 0.5) is 30.6 Å². The summed E-state index contributed by atoms with van der Waals surface area (Å²) in [6.45, 7) is 8.01. The molecule has 0 radical (unpaired) electrons. The van der Waals surface area contributed by atoms with Gasteiger partial charge >= 0.3 is 12.0 Å². The number of carbonyl (C=O) groups is 2. The highest BCUT2D eigenvalue weighted by atomic mass is 19.1. The lowest BCUT2D eigenvalue weighted by atomic mass is 9.95. The largest absolute Gasteiger partial charge is 0.481 e. The maximum Gasteiger partial charge on any atom is 0.323 e.